The lowest BCUT2D eigenvalue weighted by Crippen LogP contribution is -2.63. The zero-order chi connectivity index (χ0) is 23.9. The molecule has 34 heavy (non-hydrogen) atoms. The van der Waals surface area contributed by atoms with E-state index in [9.17, 15) is 9.59 Å². The number of nitrogens with zero attached hydrogens (tertiary/aromatic N) is 1. The molecule has 2 aromatic rings. The second-order valence-electron chi connectivity index (χ2n) is 9.77. The molecule has 3 N–H and O–H groups in total. The highest BCUT2D eigenvalue weighted by molar-refractivity contribution is 5.97. The molecule has 0 atom stereocenters. The highest BCUT2D eigenvalue weighted by Crippen LogP contribution is 2.35. The Morgan fingerprint density at radius 3 is 2.41 bits per heavy atom. The van der Waals surface area contributed by atoms with Crippen molar-refractivity contribution in [3.05, 3.63) is 65.2 Å². The quantitative estimate of drug-likeness (QED) is 0.525. The molecule has 1 saturated carbocycles. The van der Waals surface area contributed by atoms with Gasteiger partial charge in [-0.15, -0.1) is 0 Å². The van der Waals surface area contributed by atoms with Gasteiger partial charge in [0.1, 0.15) is 0 Å². The summed E-state index contributed by atoms with van der Waals surface area (Å²) >= 11 is 0. The number of carbonyl (C=O) groups excluding carboxylic acids is 2. The summed E-state index contributed by atoms with van der Waals surface area (Å²) in [5.74, 6) is 0.347. The van der Waals surface area contributed by atoms with Crippen LogP contribution in [0.1, 0.15) is 66.4 Å². The summed E-state index contributed by atoms with van der Waals surface area (Å²) in [5.41, 5.74) is 4.11. The van der Waals surface area contributed by atoms with Crippen LogP contribution in [0.4, 0.5) is 5.69 Å². The van der Waals surface area contributed by atoms with Crippen molar-refractivity contribution in [1.29, 1.82) is 0 Å². The van der Waals surface area contributed by atoms with Crippen molar-refractivity contribution in [2.75, 3.05) is 31.5 Å². The molecule has 2 aromatic carbocycles. The van der Waals surface area contributed by atoms with Crippen LogP contribution >= 0.6 is 0 Å². The minimum atomic E-state index is -0.217. The number of rotatable bonds is 9. The fourth-order valence-electron chi connectivity index (χ4n) is 5.21. The molecule has 2 amide bonds. The van der Waals surface area contributed by atoms with E-state index in [1.54, 1.807) is 6.07 Å². The first-order chi connectivity index (χ1) is 16.5. The molecule has 1 heterocycles. The Morgan fingerprint density at radius 1 is 1.00 bits per heavy atom. The Hall–Kier alpha value is -2.86. The number of anilines is 1. The monoisotopic (exact) mass is 462 g/mol. The maximum Gasteiger partial charge on any atom is 0.251 e. The third-order valence-electron chi connectivity index (χ3n) is 7.22. The largest absolute Gasteiger partial charge is 0.385 e. The van der Waals surface area contributed by atoms with E-state index in [0.29, 0.717) is 17.5 Å². The van der Waals surface area contributed by atoms with Crippen LogP contribution < -0.4 is 16.0 Å². The highest BCUT2D eigenvalue weighted by Gasteiger charge is 2.35. The molecule has 6 nitrogen and oxygen atoms in total. The van der Waals surface area contributed by atoms with Crippen LogP contribution in [0.25, 0.3) is 0 Å². The van der Waals surface area contributed by atoms with E-state index in [2.05, 4.69) is 58.1 Å². The summed E-state index contributed by atoms with van der Waals surface area (Å²) in [6.07, 6.45) is 5.97. The summed E-state index contributed by atoms with van der Waals surface area (Å²) in [6, 6.07) is 17.3. The van der Waals surface area contributed by atoms with E-state index in [1.807, 2.05) is 19.1 Å². The van der Waals surface area contributed by atoms with Crippen molar-refractivity contribution < 1.29 is 9.59 Å². The Bertz CT molecular complexity index is 964. The Labute approximate surface area is 203 Å². The zero-order valence-electron chi connectivity index (χ0n) is 20.5. The number of hydrogen-bond donors (Lipinski definition) is 3. The van der Waals surface area contributed by atoms with E-state index in [0.717, 1.165) is 37.3 Å². The van der Waals surface area contributed by atoms with Crippen LogP contribution in [0.5, 0.6) is 0 Å². The molecule has 0 aromatic heterocycles. The summed E-state index contributed by atoms with van der Waals surface area (Å²) in [5, 5.41) is 9.17. The van der Waals surface area contributed by atoms with Crippen molar-refractivity contribution in [3.63, 3.8) is 0 Å². The molecule has 1 aliphatic heterocycles. The van der Waals surface area contributed by atoms with Crippen LogP contribution in [0.2, 0.25) is 0 Å². The van der Waals surface area contributed by atoms with Crippen LogP contribution in [-0.2, 0) is 4.79 Å². The predicted octanol–water partition coefficient (Wildman–Crippen LogP) is 4.07. The number of hydrogen-bond acceptors (Lipinski definition) is 4. The van der Waals surface area contributed by atoms with Crippen molar-refractivity contribution in [2.24, 2.45) is 0 Å². The summed E-state index contributed by atoms with van der Waals surface area (Å²) in [7, 11) is 0. The minimum absolute atomic E-state index is 0.00635. The van der Waals surface area contributed by atoms with Gasteiger partial charge >= 0.3 is 0 Å². The molecule has 2 fully saturated rings. The standard InChI is InChI=1S/C28H38N4O2/c1-3-15-29-26-14-11-23(16-20(26)2)28(34)30-17-27(33)31-24-18-32(19-24)25-12-9-22(10-13-25)21-7-5-4-6-8-21/h4-8,11,14,16,22,24-25,29H,3,9-10,12-13,15,17-19H2,1-2H3,(H,30,34)(H,31,33)/t22-,25+. The molecule has 0 bridgehead atoms. The molecule has 2 aliphatic rings. The summed E-state index contributed by atoms with van der Waals surface area (Å²) in [6.45, 7) is 6.83. The molecule has 0 spiro atoms. The molecular formula is C28H38N4O2. The number of nitrogens with one attached hydrogen (secondary N) is 3. The van der Waals surface area contributed by atoms with E-state index < -0.39 is 0 Å². The maximum atomic E-state index is 12.5. The van der Waals surface area contributed by atoms with Crippen molar-refractivity contribution in [3.8, 4) is 0 Å². The number of aryl methyl sites for hydroxylation is 1. The van der Waals surface area contributed by atoms with Crippen LogP contribution in [0, 0.1) is 6.92 Å². The van der Waals surface area contributed by atoms with Gasteiger partial charge in [-0.2, -0.15) is 0 Å². The van der Waals surface area contributed by atoms with Gasteiger partial charge in [-0.25, -0.2) is 0 Å². The smallest absolute Gasteiger partial charge is 0.251 e. The van der Waals surface area contributed by atoms with E-state index in [-0.39, 0.29) is 24.4 Å². The lowest BCUT2D eigenvalue weighted by atomic mass is 9.80. The fourth-order valence-corrected chi connectivity index (χ4v) is 5.21. The lowest BCUT2D eigenvalue weighted by Gasteiger charge is -2.46. The lowest BCUT2D eigenvalue weighted by molar-refractivity contribution is -0.122. The van der Waals surface area contributed by atoms with Gasteiger partial charge in [0, 0.05) is 36.9 Å². The second kappa shape index (κ2) is 11.5. The fraction of sp³-hybridized carbons (Fsp3) is 0.500. The highest BCUT2D eigenvalue weighted by atomic mass is 16.2. The number of carbonyl (C=O) groups is 2. The average Bonchev–Trinajstić information content (AvgIpc) is 2.84. The van der Waals surface area contributed by atoms with Gasteiger partial charge < -0.3 is 16.0 Å². The molecule has 182 valence electrons. The third-order valence-corrected chi connectivity index (χ3v) is 7.22. The van der Waals surface area contributed by atoms with Gasteiger partial charge in [-0.1, -0.05) is 37.3 Å². The SMILES string of the molecule is CCCNc1ccc(C(=O)NCC(=O)NC2CN([C@H]3CC[C@@H](c4ccccc4)CC3)C2)cc1C. The van der Waals surface area contributed by atoms with Gasteiger partial charge in [-0.05, 0) is 74.3 Å². The number of benzene rings is 2. The van der Waals surface area contributed by atoms with Crippen LogP contribution in [0.15, 0.2) is 48.5 Å². The Kier molecular flexibility index (Phi) is 8.22. The van der Waals surface area contributed by atoms with Crippen molar-refractivity contribution >= 4 is 17.5 Å². The van der Waals surface area contributed by atoms with Crippen molar-refractivity contribution in [1.82, 2.24) is 15.5 Å². The zero-order valence-corrected chi connectivity index (χ0v) is 20.5. The van der Waals surface area contributed by atoms with E-state index in [1.165, 1.54) is 31.2 Å². The molecule has 0 unspecified atom stereocenters. The number of amides is 2. The average molecular weight is 463 g/mol. The second-order valence-corrected chi connectivity index (χ2v) is 9.77. The Balaban J connectivity index is 1.14. The third kappa shape index (κ3) is 6.17. The maximum absolute atomic E-state index is 12.5. The molecule has 1 aliphatic carbocycles. The van der Waals surface area contributed by atoms with Gasteiger partial charge in [-0.3, -0.25) is 14.5 Å². The molecule has 4 rings (SSSR count). The van der Waals surface area contributed by atoms with Gasteiger partial charge in [0.15, 0.2) is 0 Å². The first-order valence-electron chi connectivity index (χ1n) is 12.7. The molecule has 6 heteroatoms. The normalized spacial score (nSPS) is 20.9. The van der Waals surface area contributed by atoms with Crippen LogP contribution in [0.3, 0.4) is 0 Å². The van der Waals surface area contributed by atoms with Gasteiger partial charge in [0.2, 0.25) is 5.91 Å². The Morgan fingerprint density at radius 2 is 1.74 bits per heavy atom. The number of likely N-dealkylation sites (tertiary alicyclic amines) is 1. The first kappa shape index (κ1) is 24.3. The summed E-state index contributed by atoms with van der Waals surface area (Å²) in [4.78, 5) is 27.3. The van der Waals surface area contributed by atoms with Gasteiger partial charge in [0.25, 0.3) is 5.91 Å². The molecular weight excluding hydrogens is 424 g/mol. The van der Waals surface area contributed by atoms with E-state index in [4.69, 9.17) is 0 Å². The summed E-state index contributed by atoms with van der Waals surface area (Å²) < 4.78 is 0. The molecule has 0 radical (unpaired) electrons. The van der Waals surface area contributed by atoms with E-state index >= 15 is 0 Å². The van der Waals surface area contributed by atoms with Crippen LogP contribution in [-0.4, -0.2) is 55.0 Å². The van der Waals surface area contributed by atoms with Gasteiger partial charge in [0.05, 0.1) is 12.6 Å². The van der Waals surface area contributed by atoms with Crippen molar-refractivity contribution in [2.45, 2.75) is 64.0 Å². The minimum Gasteiger partial charge on any atom is -0.385 e. The first-order valence-corrected chi connectivity index (χ1v) is 12.7. The molecule has 1 saturated heterocycles. The predicted molar refractivity (Wildman–Crippen MR) is 137 cm³/mol. The topological polar surface area (TPSA) is 73.5 Å².